The number of alkyl halides is 2. The molecule has 1 amide bonds. The van der Waals surface area contributed by atoms with Gasteiger partial charge in [0.15, 0.2) is 0 Å². The quantitative estimate of drug-likeness (QED) is 0.850. The van der Waals surface area contributed by atoms with Gasteiger partial charge in [0.05, 0.1) is 5.56 Å². The predicted molar refractivity (Wildman–Crippen MR) is 55.2 cm³/mol. The highest BCUT2D eigenvalue weighted by atomic mass is 127. The number of carbonyl (C=O) groups is 1. The van der Waals surface area contributed by atoms with Gasteiger partial charge in [0.1, 0.15) is 5.69 Å². The first kappa shape index (κ1) is 11.3. The van der Waals surface area contributed by atoms with E-state index in [2.05, 4.69) is 4.98 Å². The van der Waals surface area contributed by atoms with Crippen LogP contribution in [0.15, 0.2) is 6.20 Å². The first-order chi connectivity index (χ1) is 6.45. The molecule has 0 aliphatic heterocycles. The zero-order valence-electron chi connectivity index (χ0n) is 7.22. The lowest BCUT2D eigenvalue weighted by molar-refractivity contribution is 0.0982. The van der Waals surface area contributed by atoms with Crippen LogP contribution >= 0.6 is 22.6 Å². The summed E-state index contributed by atoms with van der Waals surface area (Å²) in [6, 6.07) is 0. The van der Waals surface area contributed by atoms with Crippen LogP contribution in [-0.4, -0.2) is 10.9 Å². The number of nitrogens with two attached hydrogens (primary N) is 1. The molecule has 0 saturated heterocycles. The number of amides is 1. The van der Waals surface area contributed by atoms with Crippen molar-refractivity contribution in [1.82, 2.24) is 4.98 Å². The number of pyridine rings is 1. The summed E-state index contributed by atoms with van der Waals surface area (Å²) in [6.07, 6.45) is -1.49. The summed E-state index contributed by atoms with van der Waals surface area (Å²) in [5.41, 5.74) is 4.73. The van der Waals surface area contributed by atoms with E-state index in [0.717, 1.165) is 0 Å². The molecule has 1 aromatic heterocycles. The van der Waals surface area contributed by atoms with E-state index < -0.39 is 18.0 Å². The van der Waals surface area contributed by atoms with E-state index in [1.165, 1.54) is 6.20 Å². The van der Waals surface area contributed by atoms with Gasteiger partial charge in [-0.15, -0.1) is 0 Å². The summed E-state index contributed by atoms with van der Waals surface area (Å²) < 4.78 is 25.5. The first-order valence-corrected chi connectivity index (χ1v) is 4.76. The number of hydrogen-bond acceptors (Lipinski definition) is 2. The maximum absolute atomic E-state index is 12.4. The molecule has 2 N–H and O–H groups in total. The van der Waals surface area contributed by atoms with Crippen molar-refractivity contribution in [2.75, 3.05) is 0 Å². The maximum Gasteiger partial charge on any atom is 0.281 e. The minimum Gasteiger partial charge on any atom is -0.366 e. The first-order valence-electron chi connectivity index (χ1n) is 3.68. The summed E-state index contributed by atoms with van der Waals surface area (Å²) >= 11 is 1.91. The van der Waals surface area contributed by atoms with Crippen LogP contribution in [0.4, 0.5) is 8.78 Å². The van der Waals surface area contributed by atoms with Gasteiger partial charge in [0.2, 0.25) is 0 Å². The topological polar surface area (TPSA) is 56.0 Å². The van der Waals surface area contributed by atoms with Crippen LogP contribution in [0.5, 0.6) is 0 Å². The van der Waals surface area contributed by atoms with Crippen LogP contribution in [0.3, 0.4) is 0 Å². The van der Waals surface area contributed by atoms with Crippen molar-refractivity contribution in [3.05, 3.63) is 26.6 Å². The number of halogens is 3. The molecule has 0 aliphatic rings. The lowest BCUT2D eigenvalue weighted by Crippen LogP contribution is -2.17. The van der Waals surface area contributed by atoms with Gasteiger partial charge >= 0.3 is 0 Å². The van der Waals surface area contributed by atoms with Crippen molar-refractivity contribution in [2.45, 2.75) is 13.3 Å². The number of carbonyl (C=O) groups excluding carboxylic acids is 1. The summed E-state index contributed by atoms with van der Waals surface area (Å²) in [6.45, 7) is 1.56. The Labute approximate surface area is 92.8 Å². The highest BCUT2D eigenvalue weighted by Crippen LogP contribution is 2.25. The van der Waals surface area contributed by atoms with Crippen LogP contribution in [-0.2, 0) is 0 Å². The minimum atomic E-state index is -2.78. The third-order valence-electron chi connectivity index (χ3n) is 1.76. The number of aromatic nitrogens is 1. The van der Waals surface area contributed by atoms with Crippen LogP contribution in [0.2, 0.25) is 0 Å². The Morgan fingerprint density at radius 2 is 2.21 bits per heavy atom. The lowest BCUT2D eigenvalue weighted by Gasteiger charge is -2.08. The molecule has 0 saturated carbocycles. The molecule has 0 radical (unpaired) electrons. The largest absolute Gasteiger partial charge is 0.366 e. The van der Waals surface area contributed by atoms with E-state index in [9.17, 15) is 13.6 Å². The number of nitrogens with zero attached hydrogens (tertiary/aromatic N) is 1. The number of primary amides is 1. The third-order valence-corrected chi connectivity index (χ3v) is 2.85. The fourth-order valence-electron chi connectivity index (χ4n) is 1.08. The van der Waals surface area contributed by atoms with Gasteiger partial charge in [-0.3, -0.25) is 9.78 Å². The molecule has 0 fully saturated rings. The van der Waals surface area contributed by atoms with Gasteiger partial charge in [-0.05, 0) is 35.1 Å². The van der Waals surface area contributed by atoms with Crippen molar-refractivity contribution in [3.8, 4) is 0 Å². The van der Waals surface area contributed by atoms with E-state index in [1.54, 1.807) is 6.92 Å². The van der Waals surface area contributed by atoms with Crippen molar-refractivity contribution >= 4 is 28.5 Å². The molecule has 76 valence electrons. The Kier molecular flexibility index (Phi) is 3.35. The molecule has 0 unspecified atom stereocenters. The molecule has 6 heteroatoms. The fraction of sp³-hybridized carbons (Fsp3) is 0.250. The second-order valence-corrected chi connectivity index (χ2v) is 3.82. The molecule has 1 heterocycles. The summed E-state index contributed by atoms with van der Waals surface area (Å²) in [4.78, 5) is 14.4. The summed E-state index contributed by atoms with van der Waals surface area (Å²) in [7, 11) is 0. The van der Waals surface area contributed by atoms with Gasteiger partial charge in [-0.1, -0.05) is 0 Å². The normalized spacial score (nSPS) is 10.6. The molecule has 3 nitrogen and oxygen atoms in total. The van der Waals surface area contributed by atoms with Crippen molar-refractivity contribution in [2.24, 2.45) is 5.73 Å². The Bertz CT molecular complexity index is 382. The number of rotatable bonds is 2. The molecule has 0 spiro atoms. The molecule has 0 atom stereocenters. The average Bonchev–Trinajstić information content (AvgIpc) is 2.08. The molecule has 0 aromatic carbocycles. The Morgan fingerprint density at radius 1 is 1.64 bits per heavy atom. The van der Waals surface area contributed by atoms with E-state index in [1.807, 2.05) is 22.6 Å². The SMILES string of the molecule is Cc1c(I)cnc(C(F)F)c1C(N)=O. The van der Waals surface area contributed by atoms with Crippen molar-refractivity contribution < 1.29 is 13.6 Å². The van der Waals surface area contributed by atoms with Crippen LogP contribution in [0.25, 0.3) is 0 Å². The van der Waals surface area contributed by atoms with Crippen LogP contribution in [0.1, 0.15) is 28.0 Å². The molecule has 0 aliphatic carbocycles. The highest BCUT2D eigenvalue weighted by molar-refractivity contribution is 14.1. The summed E-state index contributed by atoms with van der Waals surface area (Å²) in [5.74, 6) is -0.871. The van der Waals surface area contributed by atoms with Crippen LogP contribution in [0, 0.1) is 10.5 Å². The zero-order valence-corrected chi connectivity index (χ0v) is 9.38. The number of hydrogen-bond donors (Lipinski definition) is 1. The fourth-order valence-corrected chi connectivity index (χ4v) is 1.48. The molecule has 14 heavy (non-hydrogen) atoms. The monoisotopic (exact) mass is 312 g/mol. The predicted octanol–water partition coefficient (Wildman–Crippen LogP) is 2.03. The molecule has 1 rings (SSSR count). The minimum absolute atomic E-state index is 0.174. The lowest BCUT2D eigenvalue weighted by atomic mass is 10.1. The van der Waals surface area contributed by atoms with Gasteiger partial charge < -0.3 is 5.73 Å². The molecule has 0 bridgehead atoms. The molecular weight excluding hydrogens is 305 g/mol. The van der Waals surface area contributed by atoms with Gasteiger partial charge in [0, 0.05) is 9.77 Å². The average molecular weight is 312 g/mol. The zero-order chi connectivity index (χ0) is 10.9. The Morgan fingerprint density at radius 3 is 2.64 bits per heavy atom. The van der Waals surface area contributed by atoms with E-state index in [4.69, 9.17) is 5.73 Å². The molecular formula is C8H7F2IN2O. The summed E-state index contributed by atoms with van der Waals surface area (Å²) in [5, 5.41) is 0. The van der Waals surface area contributed by atoms with Gasteiger partial charge in [-0.2, -0.15) is 0 Å². The second-order valence-electron chi connectivity index (χ2n) is 2.66. The Hall–Kier alpha value is -0.790. The smallest absolute Gasteiger partial charge is 0.281 e. The molecule has 1 aromatic rings. The van der Waals surface area contributed by atoms with E-state index >= 15 is 0 Å². The highest BCUT2D eigenvalue weighted by Gasteiger charge is 2.21. The maximum atomic E-state index is 12.4. The van der Waals surface area contributed by atoms with E-state index in [-0.39, 0.29) is 5.56 Å². The van der Waals surface area contributed by atoms with E-state index in [0.29, 0.717) is 9.13 Å². The third kappa shape index (κ3) is 1.99. The van der Waals surface area contributed by atoms with Crippen molar-refractivity contribution in [1.29, 1.82) is 0 Å². The van der Waals surface area contributed by atoms with Crippen LogP contribution < -0.4 is 5.73 Å². The van der Waals surface area contributed by atoms with Crippen molar-refractivity contribution in [3.63, 3.8) is 0 Å². The Balaban J connectivity index is 3.45. The van der Waals surface area contributed by atoms with Gasteiger partial charge in [-0.25, -0.2) is 8.78 Å². The van der Waals surface area contributed by atoms with Gasteiger partial charge in [0.25, 0.3) is 12.3 Å². The second kappa shape index (κ2) is 4.16. The standard InChI is InChI=1S/C8H7F2IN2O/c1-3-4(11)2-13-6(7(9)10)5(3)8(12)14/h2,7H,1H3,(H2,12,14).